The number of likely N-dealkylation sites (N-methyl/N-ethyl adjacent to an activating group) is 1. The summed E-state index contributed by atoms with van der Waals surface area (Å²) in [5.74, 6) is 0.908. The molecule has 8 heteroatoms. The van der Waals surface area contributed by atoms with Gasteiger partial charge in [-0.3, -0.25) is 9.69 Å². The fourth-order valence-corrected chi connectivity index (χ4v) is 2.97. The van der Waals surface area contributed by atoms with E-state index in [9.17, 15) is 4.79 Å². The number of carbonyl (C=O) groups excluding carboxylic acids is 1. The Bertz CT molecular complexity index is 678. The largest absolute Gasteiger partial charge is 0.490 e. The number of amides is 1. The summed E-state index contributed by atoms with van der Waals surface area (Å²) in [5.41, 5.74) is 1.17. The van der Waals surface area contributed by atoms with E-state index in [0.29, 0.717) is 35.5 Å². The molecule has 1 heterocycles. The van der Waals surface area contributed by atoms with E-state index < -0.39 is 0 Å². The van der Waals surface area contributed by atoms with Crippen molar-refractivity contribution >= 4 is 45.2 Å². The molecule has 0 unspecified atom stereocenters. The Morgan fingerprint density at radius 3 is 2.62 bits per heavy atom. The van der Waals surface area contributed by atoms with Gasteiger partial charge in [-0.25, -0.2) is 0 Å². The highest BCUT2D eigenvalue weighted by Crippen LogP contribution is 2.35. The van der Waals surface area contributed by atoms with Crippen molar-refractivity contribution in [3.05, 3.63) is 27.9 Å². The zero-order valence-electron chi connectivity index (χ0n) is 13.5. The maximum atomic E-state index is 12.3. The van der Waals surface area contributed by atoms with Crippen LogP contribution in [0.15, 0.2) is 22.3 Å². The Balaban J connectivity index is 2.37. The third-order valence-electron chi connectivity index (χ3n) is 3.29. The van der Waals surface area contributed by atoms with E-state index >= 15 is 0 Å². The number of aliphatic hydroxyl groups excluding tert-OH is 1. The van der Waals surface area contributed by atoms with Gasteiger partial charge < -0.3 is 19.9 Å². The smallest absolute Gasteiger partial charge is 0.276 e. The van der Waals surface area contributed by atoms with Crippen LogP contribution in [-0.4, -0.2) is 47.4 Å². The van der Waals surface area contributed by atoms with Crippen molar-refractivity contribution in [1.29, 1.82) is 0 Å². The van der Waals surface area contributed by atoms with Gasteiger partial charge in [-0.2, -0.15) is 0 Å². The van der Waals surface area contributed by atoms with E-state index in [1.54, 1.807) is 18.2 Å². The molecule has 0 saturated carbocycles. The number of hydrogen-bond acceptors (Lipinski definition) is 5. The lowest BCUT2D eigenvalue weighted by Gasteiger charge is -2.13. The lowest BCUT2D eigenvalue weighted by molar-refractivity contribution is -0.122. The van der Waals surface area contributed by atoms with Gasteiger partial charge in [0.2, 0.25) is 0 Å². The second-order valence-electron chi connectivity index (χ2n) is 4.86. The molecule has 1 amide bonds. The van der Waals surface area contributed by atoms with Gasteiger partial charge in [-0.15, -0.1) is 0 Å². The second-order valence-corrected chi connectivity index (χ2v) is 6.10. The Kier molecular flexibility index (Phi) is 6.59. The zero-order chi connectivity index (χ0) is 17.7. The minimum atomic E-state index is -0.159. The molecule has 24 heavy (non-hydrogen) atoms. The molecule has 6 nitrogen and oxygen atoms in total. The molecule has 1 aliphatic rings. The van der Waals surface area contributed by atoms with Crippen LogP contribution in [-0.2, 0) is 4.79 Å². The van der Waals surface area contributed by atoms with Crippen LogP contribution in [0.4, 0.5) is 0 Å². The van der Waals surface area contributed by atoms with Crippen LogP contribution in [0.5, 0.6) is 11.5 Å². The predicted octanol–water partition coefficient (Wildman–Crippen LogP) is 2.30. The standard InChI is InChI=1S/C16H19BrN2O4S/c1-3-19-15(21)12(18-16(19)24)7-10-8-13(22-4-2)14(9-11(10)17)23-6-5-20/h7-9,20H,3-6H2,1-2H3,(H,18,24)/b12-7+. The van der Waals surface area contributed by atoms with Crippen LogP contribution in [0.3, 0.4) is 0 Å². The number of aliphatic hydroxyl groups is 1. The topological polar surface area (TPSA) is 71.0 Å². The van der Waals surface area contributed by atoms with E-state index in [1.807, 2.05) is 13.8 Å². The predicted molar refractivity (Wildman–Crippen MR) is 99.0 cm³/mol. The van der Waals surface area contributed by atoms with E-state index in [4.69, 9.17) is 26.8 Å². The second kappa shape index (κ2) is 8.46. The SMILES string of the molecule is CCOc1cc(/C=C2/NC(=S)N(CC)C2=O)c(Br)cc1OCCO. The molecule has 0 aliphatic carbocycles. The molecule has 130 valence electrons. The molecular formula is C16H19BrN2O4S. The highest BCUT2D eigenvalue weighted by Gasteiger charge is 2.29. The third-order valence-corrected chi connectivity index (χ3v) is 4.30. The summed E-state index contributed by atoms with van der Waals surface area (Å²) in [6, 6.07) is 3.53. The molecular weight excluding hydrogens is 396 g/mol. The van der Waals surface area contributed by atoms with Crippen molar-refractivity contribution in [3.63, 3.8) is 0 Å². The number of benzene rings is 1. The van der Waals surface area contributed by atoms with Gasteiger partial charge in [0.1, 0.15) is 12.3 Å². The number of ether oxygens (including phenoxy) is 2. The number of halogens is 1. The van der Waals surface area contributed by atoms with Crippen molar-refractivity contribution < 1.29 is 19.4 Å². The maximum absolute atomic E-state index is 12.3. The number of hydrogen-bond donors (Lipinski definition) is 2. The van der Waals surface area contributed by atoms with Gasteiger partial charge in [0.15, 0.2) is 16.6 Å². The van der Waals surface area contributed by atoms with Gasteiger partial charge in [-0.1, -0.05) is 15.9 Å². The molecule has 0 atom stereocenters. The summed E-state index contributed by atoms with van der Waals surface area (Å²) < 4.78 is 11.8. The van der Waals surface area contributed by atoms with Crippen molar-refractivity contribution in [1.82, 2.24) is 10.2 Å². The van der Waals surface area contributed by atoms with Crippen LogP contribution < -0.4 is 14.8 Å². The first-order valence-electron chi connectivity index (χ1n) is 7.56. The van der Waals surface area contributed by atoms with Gasteiger partial charge in [-0.05, 0) is 49.8 Å². The first kappa shape index (κ1) is 18.7. The van der Waals surface area contributed by atoms with E-state index in [2.05, 4.69) is 21.2 Å². The van der Waals surface area contributed by atoms with Gasteiger partial charge in [0.05, 0.1) is 13.2 Å². The first-order chi connectivity index (χ1) is 11.5. The summed E-state index contributed by atoms with van der Waals surface area (Å²) in [5, 5.41) is 12.2. The summed E-state index contributed by atoms with van der Waals surface area (Å²) in [6.07, 6.45) is 1.71. The fourth-order valence-electron chi connectivity index (χ4n) is 2.21. The third kappa shape index (κ3) is 4.06. The fraction of sp³-hybridized carbons (Fsp3) is 0.375. The molecule has 0 spiro atoms. The lowest BCUT2D eigenvalue weighted by Crippen LogP contribution is -2.30. The Morgan fingerprint density at radius 1 is 1.33 bits per heavy atom. The van der Waals surface area contributed by atoms with Crippen molar-refractivity contribution in [2.45, 2.75) is 13.8 Å². The lowest BCUT2D eigenvalue weighted by atomic mass is 10.1. The molecule has 0 bridgehead atoms. The highest BCUT2D eigenvalue weighted by atomic mass is 79.9. The molecule has 0 radical (unpaired) electrons. The van der Waals surface area contributed by atoms with Crippen LogP contribution in [0.25, 0.3) is 6.08 Å². The van der Waals surface area contributed by atoms with E-state index in [0.717, 1.165) is 10.0 Å². The van der Waals surface area contributed by atoms with Crippen LogP contribution in [0.2, 0.25) is 0 Å². The number of nitrogens with zero attached hydrogens (tertiary/aromatic N) is 1. The number of rotatable bonds is 7. The molecule has 2 N–H and O–H groups in total. The summed E-state index contributed by atoms with van der Waals surface area (Å²) in [7, 11) is 0. The Morgan fingerprint density at radius 2 is 2.04 bits per heavy atom. The quantitative estimate of drug-likeness (QED) is 0.526. The molecule has 1 fully saturated rings. The normalized spacial score (nSPS) is 15.8. The highest BCUT2D eigenvalue weighted by molar-refractivity contribution is 9.10. The van der Waals surface area contributed by atoms with Crippen LogP contribution in [0.1, 0.15) is 19.4 Å². The van der Waals surface area contributed by atoms with E-state index in [-0.39, 0.29) is 19.1 Å². The maximum Gasteiger partial charge on any atom is 0.276 e. The number of nitrogens with one attached hydrogen (secondary N) is 1. The zero-order valence-corrected chi connectivity index (χ0v) is 15.9. The van der Waals surface area contributed by atoms with Crippen molar-refractivity contribution in [2.24, 2.45) is 0 Å². The minimum Gasteiger partial charge on any atom is -0.490 e. The minimum absolute atomic E-state index is 0.0856. The molecule has 1 aliphatic heterocycles. The average molecular weight is 415 g/mol. The van der Waals surface area contributed by atoms with Gasteiger partial charge >= 0.3 is 0 Å². The van der Waals surface area contributed by atoms with Crippen LogP contribution >= 0.6 is 28.1 Å². The summed E-state index contributed by atoms with van der Waals surface area (Å²) >= 11 is 8.62. The molecule has 0 aromatic heterocycles. The average Bonchev–Trinajstić information content (AvgIpc) is 2.82. The summed E-state index contributed by atoms with van der Waals surface area (Å²) in [4.78, 5) is 13.8. The number of thiocarbonyl (C=S) groups is 1. The van der Waals surface area contributed by atoms with E-state index in [1.165, 1.54) is 4.90 Å². The molecule has 1 saturated heterocycles. The molecule has 2 rings (SSSR count). The van der Waals surface area contributed by atoms with Gasteiger partial charge in [0, 0.05) is 11.0 Å². The van der Waals surface area contributed by atoms with Crippen molar-refractivity contribution in [3.8, 4) is 11.5 Å². The first-order valence-corrected chi connectivity index (χ1v) is 8.76. The Hall–Kier alpha value is -1.64. The van der Waals surface area contributed by atoms with Crippen LogP contribution in [0, 0.1) is 0 Å². The molecule has 1 aromatic rings. The van der Waals surface area contributed by atoms with Gasteiger partial charge in [0.25, 0.3) is 5.91 Å². The summed E-state index contributed by atoms with van der Waals surface area (Å²) in [6.45, 7) is 4.81. The van der Waals surface area contributed by atoms with Crippen molar-refractivity contribution in [2.75, 3.05) is 26.4 Å². The number of carbonyl (C=O) groups is 1. The monoisotopic (exact) mass is 414 g/mol. The molecule has 1 aromatic carbocycles. The Labute approximate surface area is 154 Å².